The summed E-state index contributed by atoms with van der Waals surface area (Å²) in [6.07, 6.45) is 0. The minimum Gasteiger partial charge on any atom is -0.347 e. The lowest BCUT2D eigenvalue weighted by Crippen LogP contribution is -2.12. The van der Waals surface area contributed by atoms with Gasteiger partial charge < -0.3 is 9.79 Å². The van der Waals surface area contributed by atoms with Crippen LogP contribution < -0.4 is 5.30 Å². The summed E-state index contributed by atoms with van der Waals surface area (Å²) in [4.78, 5) is 17.2. The largest absolute Gasteiger partial charge is 0.347 e. The van der Waals surface area contributed by atoms with Crippen LogP contribution in [0.1, 0.15) is 0 Å². The van der Waals surface area contributed by atoms with Crippen molar-refractivity contribution in [2.45, 2.75) is 4.90 Å². The van der Waals surface area contributed by atoms with E-state index in [1.54, 1.807) is 0 Å². The minimum atomic E-state index is -4.38. The Morgan fingerprint density at radius 1 is 1.15 bits per heavy atom. The fourth-order valence-electron chi connectivity index (χ4n) is 0.841. The molecule has 3 N–H and O–H groups in total. The molecule has 0 aromatic heterocycles. The lowest BCUT2D eigenvalue weighted by molar-refractivity contribution is 0.479. The first-order chi connectivity index (χ1) is 5.93. The van der Waals surface area contributed by atoms with Crippen molar-refractivity contribution >= 4 is 23.8 Å². The van der Waals surface area contributed by atoms with Crippen LogP contribution in [0.2, 0.25) is 0 Å². The van der Waals surface area contributed by atoms with E-state index in [2.05, 4.69) is 0 Å². The molecule has 0 fully saturated rings. The maximum Gasteiger partial charge on any atom is 0.295 e. The van der Waals surface area contributed by atoms with Gasteiger partial charge in [-0.3, -0.25) is 4.55 Å². The van der Waals surface area contributed by atoms with Crippen molar-refractivity contribution in [2.75, 3.05) is 0 Å². The molecule has 0 radical (unpaired) electrons. The molecular formula is C6H7O5PS. The van der Waals surface area contributed by atoms with Crippen LogP contribution in [0, 0.1) is 0 Å². The highest BCUT2D eigenvalue weighted by atomic mass is 32.2. The second-order valence-electron chi connectivity index (χ2n) is 2.23. The van der Waals surface area contributed by atoms with Gasteiger partial charge in [-0.2, -0.15) is 8.42 Å². The van der Waals surface area contributed by atoms with E-state index in [1.165, 1.54) is 18.2 Å². The average Bonchev–Trinajstić information content (AvgIpc) is 2.03. The fourth-order valence-corrected chi connectivity index (χ4v) is 2.51. The summed E-state index contributed by atoms with van der Waals surface area (Å²) in [5.41, 5.74) is 0. The van der Waals surface area contributed by atoms with Gasteiger partial charge in [-0.25, -0.2) is 0 Å². The van der Waals surface area contributed by atoms with E-state index in [-0.39, 0.29) is 5.30 Å². The highest BCUT2D eigenvalue weighted by molar-refractivity contribution is 7.86. The number of rotatable bonds is 2. The molecule has 0 saturated heterocycles. The zero-order chi connectivity index (χ0) is 10.1. The molecule has 0 unspecified atom stereocenters. The maximum absolute atomic E-state index is 10.7. The third kappa shape index (κ3) is 2.46. The zero-order valence-corrected chi connectivity index (χ0v) is 8.03. The van der Waals surface area contributed by atoms with E-state index in [9.17, 15) is 8.42 Å². The van der Waals surface area contributed by atoms with Crippen molar-refractivity contribution in [3.05, 3.63) is 24.3 Å². The van der Waals surface area contributed by atoms with Crippen LogP contribution in [-0.4, -0.2) is 22.8 Å². The van der Waals surface area contributed by atoms with Crippen LogP contribution in [0.3, 0.4) is 0 Å². The van der Waals surface area contributed by atoms with Crippen molar-refractivity contribution < 1.29 is 22.8 Å². The first-order valence-electron chi connectivity index (χ1n) is 3.17. The molecule has 5 nitrogen and oxygen atoms in total. The molecule has 0 spiro atoms. The van der Waals surface area contributed by atoms with Crippen LogP contribution in [0.15, 0.2) is 29.2 Å². The fraction of sp³-hybridized carbons (Fsp3) is 0. The normalized spacial score (nSPS) is 12.0. The third-order valence-corrected chi connectivity index (χ3v) is 3.24. The molecule has 0 aliphatic carbocycles. The van der Waals surface area contributed by atoms with Gasteiger partial charge >= 0.3 is 0 Å². The molecule has 0 bridgehead atoms. The van der Waals surface area contributed by atoms with Crippen LogP contribution in [0.5, 0.6) is 0 Å². The van der Waals surface area contributed by atoms with E-state index >= 15 is 0 Å². The van der Waals surface area contributed by atoms with Crippen molar-refractivity contribution in [1.82, 2.24) is 0 Å². The number of benzene rings is 1. The molecule has 1 rings (SSSR count). The summed E-state index contributed by atoms with van der Waals surface area (Å²) in [5.74, 6) is 0. The Morgan fingerprint density at radius 3 is 2.08 bits per heavy atom. The molecule has 0 heterocycles. The SMILES string of the molecule is O=S(=O)(O)c1ccccc1P(O)O. The molecule has 1 aromatic carbocycles. The van der Waals surface area contributed by atoms with Gasteiger partial charge in [0.2, 0.25) is 8.38 Å². The highest BCUT2D eigenvalue weighted by Crippen LogP contribution is 2.25. The summed E-state index contributed by atoms with van der Waals surface area (Å²) in [5, 5.41) is -0.181. The van der Waals surface area contributed by atoms with Crippen molar-refractivity contribution in [1.29, 1.82) is 0 Å². The lowest BCUT2D eigenvalue weighted by atomic mass is 10.4. The first kappa shape index (κ1) is 10.6. The zero-order valence-electron chi connectivity index (χ0n) is 6.32. The molecule has 0 atom stereocenters. The second kappa shape index (κ2) is 3.69. The van der Waals surface area contributed by atoms with Gasteiger partial charge in [-0.15, -0.1) is 0 Å². The summed E-state index contributed by atoms with van der Waals surface area (Å²) >= 11 is 0. The number of hydrogen-bond acceptors (Lipinski definition) is 4. The molecule has 0 aliphatic heterocycles. The van der Waals surface area contributed by atoms with Gasteiger partial charge in [0.25, 0.3) is 10.1 Å². The summed E-state index contributed by atoms with van der Waals surface area (Å²) in [6.45, 7) is 0. The van der Waals surface area contributed by atoms with E-state index < -0.39 is 23.4 Å². The highest BCUT2D eigenvalue weighted by Gasteiger charge is 2.18. The Kier molecular flexibility index (Phi) is 3.00. The Morgan fingerprint density at radius 2 is 1.69 bits per heavy atom. The van der Waals surface area contributed by atoms with Crippen molar-refractivity contribution in [3.63, 3.8) is 0 Å². The molecule has 7 heteroatoms. The van der Waals surface area contributed by atoms with E-state index in [4.69, 9.17) is 14.3 Å². The molecular weight excluding hydrogens is 215 g/mol. The Labute approximate surface area is 76.3 Å². The lowest BCUT2D eigenvalue weighted by Gasteiger charge is -2.06. The van der Waals surface area contributed by atoms with Crippen LogP contribution >= 0.6 is 8.38 Å². The Hall–Kier alpha value is -0.520. The molecule has 0 aliphatic rings. The molecule has 1 aromatic rings. The molecule has 13 heavy (non-hydrogen) atoms. The van der Waals surface area contributed by atoms with E-state index in [0.29, 0.717) is 0 Å². The van der Waals surface area contributed by atoms with Crippen LogP contribution in [0.4, 0.5) is 0 Å². The van der Waals surface area contributed by atoms with Crippen molar-refractivity contribution in [2.24, 2.45) is 0 Å². The average molecular weight is 222 g/mol. The quantitative estimate of drug-likeness (QED) is 0.478. The summed E-state index contributed by atoms with van der Waals surface area (Å²) in [6, 6.07) is 5.17. The van der Waals surface area contributed by atoms with Gasteiger partial charge in [0, 0.05) is 0 Å². The predicted molar refractivity (Wildman–Crippen MR) is 47.2 cm³/mol. The van der Waals surface area contributed by atoms with E-state index in [0.717, 1.165) is 6.07 Å². The Bertz CT molecular complexity index is 399. The minimum absolute atomic E-state index is 0.181. The predicted octanol–water partition coefficient (Wildman–Crippen LogP) is -0.145. The summed E-state index contributed by atoms with van der Waals surface area (Å²) < 4.78 is 30.1. The van der Waals surface area contributed by atoms with E-state index in [1.807, 2.05) is 0 Å². The van der Waals surface area contributed by atoms with Gasteiger partial charge in [0.15, 0.2) is 0 Å². The van der Waals surface area contributed by atoms with Crippen molar-refractivity contribution in [3.8, 4) is 0 Å². The van der Waals surface area contributed by atoms with Crippen LogP contribution in [-0.2, 0) is 10.1 Å². The smallest absolute Gasteiger partial charge is 0.295 e. The maximum atomic E-state index is 10.7. The van der Waals surface area contributed by atoms with Gasteiger partial charge in [-0.1, -0.05) is 12.1 Å². The third-order valence-electron chi connectivity index (χ3n) is 1.36. The molecule has 72 valence electrons. The monoisotopic (exact) mass is 222 g/mol. The summed E-state index contributed by atoms with van der Waals surface area (Å²) in [7, 11) is -6.90. The van der Waals surface area contributed by atoms with Crippen LogP contribution in [0.25, 0.3) is 0 Å². The number of hydrogen-bond donors (Lipinski definition) is 3. The standard InChI is InChI=1S/C6H7O5PS/c7-12(8)5-3-1-2-4-6(5)13(9,10)11/h1-4,7-8H,(H,9,10,11). The first-order valence-corrected chi connectivity index (χ1v) is 5.86. The van der Waals surface area contributed by atoms with Gasteiger partial charge in [0.1, 0.15) is 4.90 Å². The van der Waals surface area contributed by atoms with Gasteiger partial charge in [0.05, 0.1) is 5.30 Å². The molecule has 0 saturated carbocycles. The Balaban J connectivity index is 3.37. The molecule has 0 amide bonds. The topological polar surface area (TPSA) is 94.8 Å². The van der Waals surface area contributed by atoms with Gasteiger partial charge in [-0.05, 0) is 12.1 Å². The second-order valence-corrected chi connectivity index (χ2v) is 4.68.